The van der Waals surface area contributed by atoms with E-state index in [2.05, 4.69) is 10.6 Å². The van der Waals surface area contributed by atoms with Gasteiger partial charge >= 0.3 is 6.03 Å². The molecular formula is C19H23FN2O3. The molecular weight excluding hydrogens is 323 g/mol. The van der Waals surface area contributed by atoms with Crippen LogP contribution in [0, 0.1) is 5.82 Å². The van der Waals surface area contributed by atoms with Crippen molar-refractivity contribution < 1.29 is 19.0 Å². The molecule has 2 amide bonds. The van der Waals surface area contributed by atoms with Crippen molar-refractivity contribution in [1.82, 2.24) is 10.6 Å². The number of carbonyl (C=O) groups excluding carboxylic acids is 1. The van der Waals surface area contributed by atoms with E-state index in [1.54, 1.807) is 31.2 Å². The summed E-state index contributed by atoms with van der Waals surface area (Å²) in [5.74, 6) is -0.339. The lowest BCUT2D eigenvalue weighted by Gasteiger charge is -2.24. The second kappa shape index (κ2) is 8.60. The van der Waals surface area contributed by atoms with E-state index in [1.165, 1.54) is 13.2 Å². The molecule has 0 heterocycles. The fourth-order valence-corrected chi connectivity index (χ4v) is 2.40. The normalized spacial score (nSPS) is 13.1. The molecule has 0 bridgehead atoms. The summed E-state index contributed by atoms with van der Waals surface area (Å²) < 4.78 is 18.5. The van der Waals surface area contributed by atoms with E-state index in [1.807, 2.05) is 18.2 Å². The van der Waals surface area contributed by atoms with Gasteiger partial charge in [0.25, 0.3) is 0 Å². The van der Waals surface area contributed by atoms with Crippen LogP contribution in [0.4, 0.5) is 9.18 Å². The molecule has 25 heavy (non-hydrogen) atoms. The second-order valence-electron chi connectivity index (χ2n) is 6.03. The molecule has 0 saturated heterocycles. The first-order valence-corrected chi connectivity index (χ1v) is 7.98. The number of amides is 2. The molecule has 0 fully saturated rings. The molecule has 2 rings (SSSR count). The molecule has 1 unspecified atom stereocenters. The van der Waals surface area contributed by atoms with Gasteiger partial charge in [-0.25, -0.2) is 9.18 Å². The first kappa shape index (κ1) is 18.9. The number of methoxy groups -OCH3 is 1. The molecule has 0 spiro atoms. The number of aliphatic hydroxyl groups is 1. The van der Waals surface area contributed by atoms with Crippen LogP contribution in [0.25, 0.3) is 0 Å². The minimum Gasteiger partial charge on any atom is -0.384 e. The Hall–Kier alpha value is -2.44. The fraction of sp³-hybridized carbons (Fsp3) is 0.316. The maximum atomic E-state index is 13.6. The van der Waals surface area contributed by atoms with Gasteiger partial charge in [-0.3, -0.25) is 0 Å². The minimum atomic E-state index is -1.17. The largest absolute Gasteiger partial charge is 0.384 e. The van der Waals surface area contributed by atoms with Gasteiger partial charge in [0.15, 0.2) is 0 Å². The van der Waals surface area contributed by atoms with Gasteiger partial charge in [-0.2, -0.15) is 0 Å². The number of urea groups is 1. The van der Waals surface area contributed by atoms with E-state index in [0.717, 1.165) is 11.1 Å². The van der Waals surface area contributed by atoms with Gasteiger partial charge in [0.1, 0.15) is 11.4 Å². The highest BCUT2D eigenvalue weighted by molar-refractivity contribution is 5.73. The zero-order chi connectivity index (χ0) is 18.3. The lowest BCUT2D eigenvalue weighted by atomic mass is 9.96. The summed E-state index contributed by atoms with van der Waals surface area (Å²) in [6.45, 7) is 2.13. The Labute approximate surface area is 146 Å². The van der Waals surface area contributed by atoms with Crippen LogP contribution in [0.1, 0.15) is 23.6 Å². The number of hydrogen-bond donors (Lipinski definition) is 3. The van der Waals surface area contributed by atoms with Crippen molar-refractivity contribution in [2.24, 2.45) is 0 Å². The topological polar surface area (TPSA) is 70.6 Å². The lowest BCUT2D eigenvalue weighted by molar-refractivity contribution is 0.0594. The van der Waals surface area contributed by atoms with Gasteiger partial charge in [-0.1, -0.05) is 36.4 Å². The fourth-order valence-electron chi connectivity index (χ4n) is 2.40. The summed E-state index contributed by atoms with van der Waals surface area (Å²) in [6, 6.07) is 13.3. The summed E-state index contributed by atoms with van der Waals surface area (Å²) in [6.07, 6.45) is 0. The Morgan fingerprint density at radius 1 is 1.20 bits per heavy atom. The number of hydrogen-bond acceptors (Lipinski definition) is 3. The molecule has 0 aromatic heterocycles. The van der Waals surface area contributed by atoms with E-state index in [9.17, 15) is 14.3 Å². The van der Waals surface area contributed by atoms with Gasteiger partial charge in [-0.15, -0.1) is 0 Å². The standard InChI is InChI=1S/C19H23FN2O3/c1-19(24,16-6-4-3-5-7-16)13-22-18(23)21-11-14-8-9-17(20)15(10-14)12-25-2/h3-10,24H,11-13H2,1-2H3,(H2,21,22,23). The van der Waals surface area contributed by atoms with Gasteiger partial charge in [0, 0.05) is 19.2 Å². The highest BCUT2D eigenvalue weighted by Gasteiger charge is 2.23. The van der Waals surface area contributed by atoms with Crippen molar-refractivity contribution in [3.05, 3.63) is 71.0 Å². The molecule has 134 valence electrons. The van der Waals surface area contributed by atoms with Crippen LogP contribution in [-0.4, -0.2) is 24.8 Å². The van der Waals surface area contributed by atoms with Crippen LogP contribution >= 0.6 is 0 Å². The number of carbonyl (C=O) groups is 1. The maximum Gasteiger partial charge on any atom is 0.315 e. The second-order valence-corrected chi connectivity index (χ2v) is 6.03. The van der Waals surface area contributed by atoms with Crippen LogP contribution < -0.4 is 10.6 Å². The van der Waals surface area contributed by atoms with Crippen molar-refractivity contribution in [3.8, 4) is 0 Å². The van der Waals surface area contributed by atoms with Crippen molar-refractivity contribution in [2.75, 3.05) is 13.7 Å². The maximum absolute atomic E-state index is 13.6. The van der Waals surface area contributed by atoms with Gasteiger partial charge in [-0.05, 0) is 30.2 Å². The summed E-state index contributed by atoms with van der Waals surface area (Å²) >= 11 is 0. The Bertz CT molecular complexity index is 705. The van der Waals surface area contributed by atoms with Gasteiger partial charge in [0.05, 0.1) is 13.2 Å². The molecule has 6 heteroatoms. The molecule has 5 nitrogen and oxygen atoms in total. The predicted molar refractivity (Wildman–Crippen MR) is 93.4 cm³/mol. The molecule has 2 aromatic rings. The van der Waals surface area contributed by atoms with E-state index in [4.69, 9.17) is 4.74 Å². The molecule has 0 aliphatic rings. The van der Waals surface area contributed by atoms with Crippen molar-refractivity contribution in [2.45, 2.75) is 25.7 Å². The first-order chi connectivity index (χ1) is 11.9. The Kier molecular flexibility index (Phi) is 6.50. The van der Waals surface area contributed by atoms with Crippen LogP contribution in [0.2, 0.25) is 0 Å². The molecule has 3 N–H and O–H groups in total. The molecule has 2 aromatic carbocycles. The third kappa shape index (κ3) is 5.55. The monoisotopic (exact) mass is 346 g/mol. The SMILES string of the molecule is COCc1cc(CNC(=O)NCC(C)(O)c2ccccc2)ccc1F. The average molecular weight is 346 g/mol. The Morgan fingerprint density at radius 2 is 1.92 bits per heavy atom. The molecule has 1 atom stereocenters. The van der Waals surface area contributed by atoms with Gasteiger partial charge in [0.2, 0.25) is 0 Å². The predicted octanol–water partition coefficient (Wildman–Crippen LogP) is 2.68. The molecule has 0 radical (unpaired) electrons. The zero-order valence-electron chi connectivity index (χ0n) is 14.4. The van der Waals surface area contributed by atoms with Gasteiger partial charge < -0.3 is 20.5 Å². The van der Waals surface area contributed by atoms with E-state index < -0.39 is 11.6 Å². The van der Waals surface area contributed by atoms with Crippen molar-refractivity contribution in [3.63, 3.8) is 0 Å². The van der Waals surface area contributed by atoms with Crippen LogP contribution in [0.15, 0.2) is 48.5 Å². The lowest BCUT2D eigenvalue weighted by Crippen LogP contribution is -2.43. The molecule has 0 aliphatic carbocycles. The van der Waals surface area contributed by atoms with Crippen LogP contribution in [-0.2, 0) is 23.5 Å². The third-order valence-electron chi connectivity index (χ3n) is 3.85. The summed E-state index contributed by atoms with van der Waals surface area (Å²) in [5.41, 5.74) is 0.755. The van der Waals surface area contributed by atoms with Crippen LogP contribution in [0.5, 0.6) is 0 Å². The highest BCUT2D eigenvalue weighted by Crippen LogP contribution is 2.18. The third-order valence-corrected chi connectivity index (χ3v) is 3.85. The van der Waals surface area contributed by atoms with E-state index >= 15 is 0 Å². The first-order valence-electron chi connectivity index (χ1n) is 7.98. The summed E-state index contributed by atoms with van der Waals surface area (Å²) in [5, 5.41) is 15.8. The van der Waals surface area contributed by atoms with Crippen LogP contribution in [0.3, 0.4) is 0 Å². The number of rotatable bonds is 7. The Morgan fingerprint density at radius 3 is 2.60 bits per heavy atom. The molecule has 0 saturated carbocycles. The quantitative estimate of drug-likeness (QED) is 0.722. The number of nitrogens with one attached hydrogen (secondary N) is 2. The van der Waals surface area contributed by atoms with E-state index in [-0.39, 0.29) is 25.5 Å². The number of halogens is 1. The minimum absolute atomic E-state index is 0.0706. The Balaban J connectivity index is 1.86. The average Bonchev–Trinajstić information content (AvgIpc) is 2.61. The zero-order valence-corrected chi connectivity index (χ0v) is 14.4. The van der Waals surface area contributed by atoms with E-state index in [0.29, 0.717) is 5.56 Å². The van der Waals surface area contributed by atoms with Crippen molar-refractivity contribution in [1.29, 1.82) is 0 Å². The highest BCUT2D eigenvalue weighted by atomic mass is 19.1. The number of benzene rings is 2. The summed E-state index contributed by atoms with van der Waals surface area (Å²) in [4.78, 5) is 11.9. The molecule has 0 aliphatic heterocycles. The van der Waals surface area contributed by atoms with Crippen molar-refractivity contribution >= 4 is 6.03 Å². The smallest absolute Gasteiger partial charge is 0.315 e. The number of ether oxygens (including phenoxy) is 1. The summed E-state index contributed by atoms with van der Waals surface area (Å²) in [7, 11) is 1.50.